The maximum Gasteiger partial charge on any atom is 0.155 e. The average molecular weight is 319 g/mol. The first kappa shape index (κ1) is 17.1. The lowest BCUT2D eigenvalue weighted by Gasteiger charge is -2.20. The Hall–Kier alpha value is -0.920. The summed E-state index contributed by atoms with van der Waals surface area (Å²) in [6.07, 6.45) is 1.02. The van der Waals surface area contributed by atoms with E-state index >= 15 is 0 Å². The second kappa shape index (κ2) is 6.24. The van der Waals surface area contributed by atoms with Gasteiger partial charge in [-0.1, -0.05) is 29.8 Å². The maximum absolute atomic E-state index is 12.1. The summed E-state index contributed by atoms with van der Waals surface area (Å²) in [6, 6.07) is 6.65. The molecule has 0 radical (unpaired) electrons. The van der Waals surface area contributed by atoms with Crippen molar-refractivity contribution in [1.82, 2.24) is 0 Å². The topological polar surface area (TPSA) is 94.3 Å². The minimum atomic E-state index is -3.56. The number of hydrogen-bond acceptors (Lipinski definition) is 5. The van der Waals surface area contributed by atoms with Crippen LogP contribution in [0, 0.1) is 6.92 Å². The summed E-state index contributed by atoms with van der Waals surface area (Å²) in [5.74, 6) is -0.771. The van der Waals surface area contributed by atoms with E-state index in [1.165, 1.54) is 6.92 Å². The zero-order valence-electron chi connectivity index (χ0n) is 11.9. The van der Waals surface area contributed by atoms with Gasteiger partial charge in [-0.25, -0.2) is 16.8 Å². The third kappa shape index (κ3) is 4.88. The van der Waals surface area contributed by atoms with Crippen molar-refractivity contribution in [3.05, 3.63) is 35.4 Å². The molecule has 0 aliphatic rings. The van der Waals surface area contributed by atoms with Gasteiger partial charge in [-0.2, -0.15) is 0 Å². The van der Waals surface area contributed by atoms with Crippen molar-refractivity contribution in [2.75, 3.05) is 17.8 Å². The van der Waals surface area contributed by atoms with Gasteiger partial charge in [0, 0.05) is 12.3 Å². The molecule has 0 spiro atoms. The molecule has 0 saturated heterocycles. The minimum absolute atomic E-state index is 0.375. The second-order valence-electron chi connectivity index (χ2n) is 5.14. The molecule has 0 fully saturated rings. The average Bonchev–Trinajstić information content (AvgIpc) is 2.35. The van der Waals surface area contributed by atoms with Crippen molar-refractivity contribution < 1.29 is 16.8 Å². The predicted octanol–water partition coefficient (Wildman–Crippen LogP) is 0.843. The molecule has 7 heteroatoms. The molecular formula is C13H21NO4S2. The van der Waals surface area contributed by atoms with Gasteiger partial charge < -0.3 is 5.73 Å². The molecule has 20 heavy (non-hydrogen) atoms. The van der Waals surface area contributed by atoms with E-state index in [9.17, 15) is 16.8 Å². The Labute approximate surface area is 121 Å². The van der Waals surface area contributed by atoms with Crippen LogP contribution in [0.5, 0.6) is 0 Å². The molecule has 114 valence electrons. The van der Waals surface area contributed by atoms with Crippen LogP contribution in [-0.4, -0.2) is 39.8 Å². The van der Waals surface area contributed by atoms with Gasteiger partial charge in [-0.15, -0.1) is 0 Å². The molecule has 2 unspecified atom stereocenters. The quantitative estimate of drug-likeness (QED) is 0.838. The zero-order valence-corrected chi connectivity index (χ0v) is 13.5. The highest BCUT2D eigenvalue weighted by Crippen LogP contribution is 2.20. The smallest absolute Gasteiger partial charge is 0.155 e. The van der Waals surface area contributed by atoms with E-state index in [1.54, 1.807) is 12.1 Å². The van der Waals surface area contributed by atoms with Crippen LogP contribution < -0.4 is 5.73 Å². The molecule has 2 N–H and O–H groups in total. The van der Waals surface area contributed by atoms with Crippen molar-refractivity contribution in [2.45, 2.75) is 25.1 Å². The minimum Gasteiger partial charge on any atom is -0.323 e. The summed E-state index contributed by atoms with van der Waals surface area (Å²) in [5, 5.41) is -0.827. The highest BCUT2D eigenvalue weighted by atomic mass is 32.2. The van der Waals surface area contributed by atoms with Crippen LogP contribution in [0.3, 0.4) is 0 Å². The predicted molar refractivity (Wildman–Crippen MR) is 81.1 cm³/mol. The first-order valence-electron chi connectivity index (χ1n) is 6.24. The highest BCUT2D eigenvalue weighted by molar-refractivity contribution is 7.95. The van der Waals surface area contributed by atoms with Gasteiger partial charge in [0.15, 0.2) is 9.84 Å². The molecule has 5 nitrogen and oxygen atoms in total. The van der Waals surface area contributed by atoms with E-state index < -0.39 is 36.7 Å². The number of benzene rings is 1. The Morgan fingerprint density at radius 3 is 2.00 bits per heavy atom. The fourth-order valence-corrected chi connectivity index (χ4v) is 4.85. The normalized spacial score (nSPS) is 15.8. The Kier molecular flexibility index (Phi) is 5.34. The monoisotopic (exact) mass is 319 g/mol. The third-order valence-electron chi connectivity index (χ3n) is 3.27. The first-order chi connectivity index (χ1) is 9.03. The number of aryl methyl sites for hydroxylation is 1. The number of hydrogen-bond donors (Lipinski definition) is 1. The van der Waals surface area contributed by atoms with E-state index in [1.807, 2.05) is 19.1 Å². The Morgan fingerprint density at radius 2 is 1.55 bits per heavy atom. The lowest BCUT2D eigenvalue weighted by atomic mass is 10.0. The molecule has 0 bridgehead atoms. The van der Waals surface area contributed by atoms with Crippen molar-refractivity contribution in [1.29, 1.82) is 0 Å². The molecular weight excluding hydrogens is 298 g/mol. The lowest BCUT2D eigenvalue weighted by molar-refractivity contribution is 0.564. The van der Waals surface area contributed by atoms with Crippen LogP contribution in [-0.2, 0) is 19.7 Å². The van der Waals surface area contributed by atoms with E-state index in [0.29, 0.717) is 0 Å². The third-order valence-corrected chi connectivity index (χ3v) is 6.68. The number of sulfone groups is 2. The second-order valence-corrected chi connectivity index (χ2v) is 9.88. The summed E-state index contributed by atoms with van der Waals surface area (Å²) < 4.78 is 46.4. The molecule has 1 aromatic carbocycles. The maximum atomic E-state index is 12.1. The molecule has 0 aliphatic heterocycles. The van der Waals surface area contributed by atoms with Crippen LogP contribution in [0.2, 0.25) is 0 Å². The van der Waals surface area contributed by atoms with E-state index in [2.05, 4.69) is 0 Å². The summed E-state index contributed by atoms with van der Waals surface area (Å²) in [7, 11) is -6.86. The van der Waals surface area contributed by atoms with Crippen LogP contribution >= 0.6 is 0 Å². The largest absolute Gasteiger partial charge is 0.323 e. The van der Waals surface area contributed by atoms with Gasteiger partial charge in [-0.05, 0) is 19.4 Å². The van der Waals surface area contributed by atoms with Gasteiger partial charge in [0.25, 0.3) is 0 Å². The number of rotatable bonds is 6. The SMILES string of the molecule is Cc1ccc(C(N)C(C)S(=O)(=O)CCS(C)(=O)=O)cc1. The number of nitrogens with two attached hydrogens (primary N) is 1. The first-order valence-corrected chi connectivity index (χ1v) is 10.0. The van der Waals surface area contributed by atoms with Gasteiger partial charge in [0.1, 0.15) is 9.84 Å². The Balaban J connectivity index is 2.87. The van der Waals surface area contributed by atoms with Gasteiger partial charge in [0.05, 0.1) is 16.8 Å². The molecule has 2 atom stereocenters. The van der Waals surface area contributed by atoms with Gasteiger partial charge in [-0.3, -0.25) is 0 Å². The van der Waals surface area contributed by atoms with Crippen molar-refractivity contribution in [2.24, 2.45) is 5.73 Å². The summed E-state index contributed by atoms with van der Waals surface area (Å²) in [6.45, 7) is 3.45. The van der Waals surface area contributed by atoms with Crippen molar-refractivity contribution >= 4 is 19.7 Å². The van der Waals surface area contributed by atoms with Crippen LogP contribution in [0.4, 0.5) is 0 Å². The standard InChI is InChI=1S/C13H21NO4S2/c1-10-4-6-12(7-5-10)13(14)11(2)20(17,18)9-8-19(3,15)16/h4-7,11,13H,8-9,14H2,1-3H3. The Bertz CT molecular complexity index is 648. The van der Waals surface area contributed by atoms with E-state index in [-0.39, 0.29) is 5.75 Å². The summed E-state index contributed by atoms with van der Waals surface area (Å²) in [5.41, 5.74) is 7.78. The lowest BCUT2D eigenvalue weighted by Crippen LogP contribution is -2.34. The molecule has 0 saturated carbocycles. The van der Waals surface area contributed by atoms with Gasteiger partial charge >= 0.3 is 0 Å². The molecule has 0 heterocycles. The molecule has 1 rings (SSSR count). The molecule has 0 aliphatic carbocycles. The zero-order chi connectivity index (χ0) is 15.6. The van der Waals surface area contributed by atoms with E-state index in [0.717, 1.165) is 17.4 Å². The van der Waals surface area contributed by atoms with Gasteiger partial charge in [0.2, 0.25) is 0 Å². The fraction of sp³-hybridized carbons (Fsp3) is 0.538. The summed E-state index contributed by atoms with van der Waals surface area (Å²) >= 11 is 0. The Morgan fingerprint density at radius 1 is 1.05 bits per heavy atom. The van der Waals surface area contributed by atoms with Crippen LogP contribution in [0.15, 0.2) is 24.3 Å². The van der Waals surface area contributed by atoms with E-state index in [4.69, 9.17) is 5.73 Å². The van der Waals surface area contributed by atoms with Crippen LogP contribution in [0.1, 0.15) is 24.1 Å². The highest BCUT2D eigenvalue weighted by Gasteiger charge is 2.28. The molecule has 0 amide bonds. The fourth-order valence-electron chi connectivity index (χ4n) is 1.74. The molecule has 0 aromatic heterocycles. The van der Waals surface area contributed by atoms with Crippen LogP contribution in [0.25, 0.3) is 0 Å². The van der Waals surface area contributed by atoms with Crippen molar-refractivity contribution in [3.8, 4) is 0 Å². The van der Waals surface area contributed by atoms with Crippen molar-refractivity contribution in [3.63, 3.8) is 0 Å². The molecule has 1 aromatic rings. The summed E-state index contributed by atoms with van der Waals surface area (Å²) in [4.78, 5) is 0.